The summed E-state index contributed by atoms with van der Waals surface area (Å²) in [5, 5.41) is 13.2. The predicted octanol–water partition coefficient (Wildman–Crippen LogP) is 1.33. The highest BCUT2D eigenvalue weighted by atomic mass is 32.2. The van der Waals surface area contributed by atoms with Crippen LogP contribution < -0.4 is 9.62 Å². The second kappa shape index (κ2) is 6.53. The summed E-state index contributed by atoms with van der Waals surface area (Å²) in [6, 6.07) is 3.88. The van der Waals surface area contributed by atoms with Crippen LogP contribution in [0.5, 0.6) is 0 Å². The van der Waals surface area contributed by atoms with E-state index in [0.29, 0.717) is 0 Å². The van der Waals surface area contributed by atoms with Gasteiger partial charge in [0.05, 0.1) is 5.75 Å². The van der Waals surface area contributed by atoms with Crippen molar-refractivity contribution in [1.29, 1.82) is 0 Å². The molecule has 0 saturated carbocycles. The van der Waals surface area contributed by atoms with E-state index in [-0.39, 0.29) is 17.2 Å². The molecule has 2 aromatic rings. The van der Waals surface area contributed by atoms with Crippen molar-refractivity contribution in [3.05, 3.63) is 18.0 Å². The van der Waals surface area contributed by atoms with Crippen molar-refractivity contribution in [2.24, 2.45) is 0 Å². The van der Waals surface area contributed by atoms with Crippen molar-refractivity contribution in [3.8, 4) is 0 Å². The first-order chi connectivity index (χ1) is 11.7. The molecule has 138 valence electrons. The van der Waals surface area contributed by atoms with Gasteiger partial charge >= 0.3 is 0 Å². The van der Waals surface area contributed by atoms with Crippen LogP contribution in [-0.2, 0) is 15.4 Å². The molecule has 2 aromatic heterocycles. The van der Waals surface area contributed by atoms with Crippen molar-refractivity contribution in [3.63, 3.8) is 0 Å². The summed E-state index contributed by atoms with van der Waals surface area (Å²) >= 11 is 0. The van der Waals surface area contributed by atoms with Gasteiger partial charge in [0.1, 0.15) is 5.82 Å². The molecule has 1 saturated heterocycles. The highest BCUT2D eigenvalue weighted by Crippen LogP contribution is 2.23. The van der Waals surface area contributed by atoms with Crippen LogP contribution in [0.3, 0.4) is 0 Å². The Morgan fingerprint density at radius 3 is 2.48 bits per heavy atom. The molecule has 0 aromatic carbocycles. The summed E-state index contributed by atoms with van der Waals surface area (Å²) in [6.07, 6.45) is 1.54. The number of anilines is 1. The van der Waals surface area contributed by atoms with E-state index >= 15 is 0 Å². The zero-order valence-corrected chi connectivity index (χ0v) is 16.0. The van der Waals surface area contributed by atoms with E-state index in [1.165, 1.54) is 0 Å². The highest BCUT2D eigenvalue weighted by molar-refractivity contribution is 7.89. The summed E-state index contributed by atoms with van der Waals surface area (Å²) in [5.41, 5.74) is 0.593. The molecule has 0 radical (unpaired) electrons. The van der Waals surface area contributed by atoms with Gasteiger partial charge in [-0.2, -0.15) is 4.52 Å². The smallest absolute Gasteiger partial charge is 0.211 e. The Balaban J connectivity index is 1.75. The Hall–Kier alpha value is -1.74. The summed E-state index contributed by atoms with van der Waals surface area (Å²) in [5.74, 6) is 1.82. The van der Waals surface area contributed by atoms with Gasteiger partial charge in [-0.3, -0.25) is 0 Å². The Labute approximate surface area is 148 Å². The number of nitrogens with zero attached hydrogens (tertiary/aromatic N) is 5. The van der Waals surface area contributed by atoms with Gasteiger partial charge in [-0.25, -0.2) is 13.1 Å². The normalized spacial score (nSPS) is 17.4. The summed E-state index contributed by atoms with van der Waals surface area (Å²) in [6.45, 7) is 9.45. The lowest BCUT2D eigenvalue weighted by Crippen LogP contribution is -2.45. The maximum atomic E-state index is 11.7. The second-order valence-corrected chi connectivity index (χ2v) is 9.56. The summed E-state index contributed by atoms with van der Waals surface area (Å²) in [4.78, 5) is 2.18. The first kappa shape index (κ1) is 18.1. The van der Waals surface area contributed by atoms with Crippen molar-refractivity contribution in [2.75, 3.05) is 23.7 Å². The molecule has 9 heteroatoms. The third-order valence-corrected chi connectivity index (χ3v) is 5.92. The highest BCUT2D eigenvalue weighted by Gasteiger charge is 2.25. The molecule has 0 amide bonds. The Kier molecular flexibility index (Phi) is 4.72. The number of sulfonamides is 1. The predicted molar refractivity (Wildman–Crippen MR) is 97.3 cm³/mol. The van der Waals surface area contributed by atoms with Gasteiger partial charge in [0.25, 0.3) is 0 Å². The molecule has 1 fully saturated rings. The first-order valence-electron chi connectivity index (χ1n) is 8.67. The lowest BCUT2D eigenvalue weighted by atomic mass is 9.96. The lowest BCUT2D eigenvalue weighted by molar-refractivity contribution is 0.457. The molecular formula is C16H26N6O2S. The SMILES string of the molecule is CCS(=O)(=O)NC1CCN(c2ccc3nnc(C(C)(C)C)n3n2)CC1. The van der Waals surface area contributed by atoms with Gasteiger partial charge in [-0.05, 0) is 31.9 Å². The third kappa shape index (κ3) is 3.92. The molecule has 0 unspecified atom stereocenters. The molecule has 25 heavy (non-hydrogen) atoms. The van der Waals surface area contributed by atoms with Crippen LogP contribution in [-0.4, -0.2) is 53.1 Å². The number of piperidine rings is 1. The van der Waals surface area contributed by atoms with E-state index in [2.05, 4.69) is 40.6 Å². The molecule has 3 rings (SSSR count). The van der Waals surface area contributed by atoms with Crippen LogP contribution in [0.1, 0.15) is 46.4 Å². The fourth-order valence-corrected chi connectivity index (χ4v) is 3.89. The number of hydrogen-bond donors (Lipinski definition) is 1. The Morgan fingerprint density at radius 2 is 1.88 bits per heavy atom. The minimum absolute atomic E-state index is 0.00461. The second-order valence-electron chi connectivity index (χ2n) is 7.52. The maximum absolute atomic E-state index is 11.7. The van der Waals surface area contributed by atoms with Crippen LogP contribution in [0.2, 0.25) is 0 Å². The van der Waals surface area contributed by atoms with Gasteiger partial charge in [0, 0.05) is 24.5 Å². The zero-order chi connectivity index (χ0) is 18.2. The van der Waals surface area contributed by atoms with Crippen molar-refractivity contribution < 1.29 is 8.42 Å². The van der Waals surface area contributed by atoms with Gasteiger partial charge in [0.2, 0.25) is 10.0 Å². The fraction of sp³-hybridized carbons (Fsp3) is 0.688. The molecule has 0 spiro atoms. The molecule has 0 bridgehead atoms. The maximum Gasteiger partial charge on any atom is 0.211 e. The van der Waals surface area contributed by atoms with E-state index in [1.54, 1.807) is 11.4 Å². The van der Waals surface area contributed by atoms with Crippen molar-refractivity contribution >= 4 is 21.5 Å². The fourth-order valence-electron chi connectivity index (χ4n) is 2.98. The van der Waals surface area contributed by atoms with Gasteiger partial charge < -0.3 is 4.90 Å². The minimum Gasteiger partial charge on any atom is -0.355 e. The Bertz CT molecular complexity index is 847. The van der Waals surface area contributed by atoms with E-state index in [4.69, 9.17) is 5.10 Å². The van der Waals surface area contributed by atoms with Crippen LogP contribution in [0.4, 0.5) is 5.82 Å². The van der Waals surface area contributed by atoms with Crippen LogP contribution >= 0.6 is 0 Å². The van der Waals surface area contributed by atoms with E-state index in [0.717, 1.165) is 43.2 Å². The zero-order valence-electron chi connectivity index (χ0n) is 15.2. The quantitative estimate of drug-likeness (QED) is 0.878. The summed E-state index contributed by atoms with van der Waals surface area (Å²) in [7, 11) is -3.15. The number of nitrogens with one attached hydrogen (secondary N) is 1. The molecule has 1 N–H and O–H groups in total. The standard InChI is InChI=1S/C16H26N6O2S/c1-5-25(23,24)20-12-8-10-21(11-9-12)14-7-6-13-17-18-15(16(2,3)4)22(13)19-14/h6-7,12,20H,5,8-11H2,1-4H3. The number of rotatable bonds is 4. The third-order valence-electron chi connectivity index (χ3n) is 4.46. The molecular weight excluding hydrogens is 340 g/mol. The monoisotopic (exact) mass is 366 g/mol. The lowest BCUT2D eigenvalue weighted by Gasteiger charge is -2.32. The molecule has 1 aliphatic rings. The van der Waals surface area contributed by atoms with E-state index in [1.807, 2.05) is 12.1 Å². The number of hydrogen-bond acceptors (Lipinski definition) is 6. The first-order valence-corrected chi connectivity index (χ1v) is 10.3. The van der Waals surface area contributed by atoms with Crippen molar-refractivity contribution in [2.45, 2.75) is 52.0 Å². The molecule has 1 aliphatic heterocycles. The molecule has 8 nitrogen and oxygen atoms in total. The number of fused-ring (bicyclic) bond motifs is 1. The van der Waals surface area contributed by atoms with Gasteiger partial charge in [-0.1, -0.05) is 20.8 Å². The Morgan fingerprint density at radius 1 is 1.20 bits per heavy atom. The molecule has 0 atom stereocenters. The number of aromatic nitrogens is 4. The van der Waals surface area contributed by atoms with Crippen LogP contribution in [0, 0.1) is 0 Å². The van der Waals surface area contributed by atoms with Crippen molar-refractivity contribution in [1.82, 2.24) is 24.5 Å². The van der Waals surface area contributed by atoms with Gasteiger partial charge in [-0.15, -0.1) is 15.3 Å². The molecule has 0 aliphatic carbocycles. The summed E-state index contributed by atoms with van der Waals surface area (Å²) < 4.78 is 28.0. The van der Waals surface area contributed by atoms with E-state index < -0.39 is 10.0 Å². The molecule has 3 heterocycles. The largest absolute Gasteiger partial charge is 0.355 e. The van der Waals surface area contributed by atoms with E-state index in [9.17, 15) is 8.42 Å². The van der Waals surface area contributed by atoms with Crippen LogP contribution in [0.15, 0.2) is 12.1 Å². The van der Waals surface area contributed by atoms with Gasteiger partial charge in [0.15, 0.2) is 11.5 Å². The average Bonchev–Trinajstić information content (AvgIpc) is 2.98. The minimum atomic E-state index is -3.15. The van der Waals surface area contributed by atoms with Crippen LogP contribution in [0.25, 0.3) is 5.65 Å². The topological polar surface area (TPSA) is 92.5 Å². The average molecular weight is 366 g/mol.